The lowest BCUT2D eigenvalue weighted by Crippen LogP contribution is -2.34. The smallest absolute Gasteiger partial charge is 0.117 e. The van der Waals surface area contributed by atoms with Gasteiger partial charge in [-0.1, -0.05) is 0 Å². The first kappa shape index (κ1) is 16.2. The van der Waals surface area contributed by atoms with Crippen molar-refractivity contribution < 1.29 is 14.3 Å². The molecule has 2 aromatic heterocycles. The van der Waals surface area contributed by atoms with E-state index in [0.29, 0.717) is 19.7 Å². The molecule has 1 N–H and O–H groups in total. The van der Waals surface area contributed by atoms with Crippen molar-refractivity contribution in [2.75, 3.05) is 13.2 Å². The van der Waals surface area contributed by atoms with E-state index >= 15 is 0 Å². The van der Waals surface area contributed by atoms with Gasteiger partial charge in [0.05, 0.1) is 31.6 Å². The summed E-state index contributed by atoms with van der Waals surface area (Å²) in [7, 11) is 0. The van der Waals surface area contributed by atoms with Gasteiger partial charge in [0.25, 0.3) is 0 Å². The molecule has 5 heteroatoms. The van der Waals surface area contributed by atoms with E-state index in [9.17, 15) is 5.11 Å². The van der Waals surface area contributed by atoms with Gasteiger partial charge in [-0.05, 0) is 48.4 Å². The Balaban J connectivity index is 1.91. The maximum absolute atomic E-state index is 10.1. The number of nitrogens with zero attached hydrogens (tertiary/aromatic N) is 1. The Bertz CT molecular complexity index is 445. The summed E-state index contributed by atoms with van der Waals surface area (Å²) in [6.07, 6.45) is 1.31. The van der Waals surface area contributed by atoms with Crippen LogP contribution in [0.3, 0.4) is 0 Å². The van der Waals surface area contributed by atoms with E-state index in [0.717, 1.165) is 12.3 Å². The maximum Gasteiger partial charge on any atom is 0.117 e. The Hall–Kier alpha value is -1.14. The largest absolute Gasteiger partial charge is 0.468 e. The van der Waals surface area contributed by atoms with E-state index in [2.05, 4.69) is 21.7 Å². The Morgan fingerprint density at radius 3 is 2.81 bits per heavy atom. The normalized spacial score (nSPS) is 13.2. The number of furan rings is 1. The first-order chi connectivity index (χ1) is 10.1. The maximum atomic E-state index is 10.1. The predicted molar refractivity (Wildman–Crippen MR) is 84.2 cm³/mol. The molecule has 0 bridgehead atoms. The molecule has 0 saturated carbocycles. The number of hydrogen-bond donors (Lipinski definition) is 1. The van der Waals surface area contributed by atoms with Crippen molar-refractivity contribution in [1.82, 2.24) is 4.90 Å². The highest BCUT2D eigenvalue weighted by Gasteiger charge is 2.15. The first-order valence-corrected chi connectivity index (χ1v) is 8.13. The molecule has 0 aromatic carbocycles. The summed E-state index contributed by atoms with van der Waals surface area (Å²) in [5.41, 5.74) is 1.25. The molecule has 0 aliphatic rings. The van der Waals surface area contributed by atoms with E-state index in [1.54, 1.807) is 17.6 Å². The molecular formula is C16H23NO3S. The van der Waals surface area contributed by atoms with Gasteiger partial charge in [0.15, 0.2) is 0 Å². The number of thiophene rings is 1. The number of aliphatic hydroxyl groups is 1. The van der Waals surface area contributed by atoms with Gasteiger partial charge in [0, 0.05) is 13.1 Å². The molecule has 116 valence electrons. The zero-order valence-electron chi connectivity index (χ0n) is 12.6. The predicted octanol–water partition coefficient (Wildman–Crippen LogP) is 3.13. The highest BCUT2D eigenvalue weighted by molar-refractivity contribution is 7.07. The molecule has 0 radical (unpaired) electrons. The van der Waals surface area contributed by atoms with Gasteiger partial charge in [-0.3, -0.25) is 4.90 Å². The monoisotopic (exact) mass is 309 g/mol. The van der Waals surface area contributed by atoms with Crippen molar-refractivity contribution in [3.05, 3.63) is 46.5 Å². The third-order valence-electron chi connectivity index (χ3n) is 3.04. The van der Waals surface area contributed by atoms with E-state index < -0.39 is 6.10 Å². The fourth-order valence-corrected chi connectivity index (χ4v) is 2.76. The van der Waals surface area contributed by atoms with Crippen LogP contribution in [0.4, 0.5) is 0 Å². The molecule has 2 heterocycles. The van der Waals surface area contributed by atoms with Crippen molar-refractivity contribution in [2.24, 2.45) is 0 Å². The van der Waals surface area contributed by atoms with Crippen LogP contribution in [-0.2, 0) is 17.8 Å². The molecule has 0 spiro atoms. The molecule has 2 aromatic rings. The molecule has 4 nitrogen and oxygen atoms in total. The van der Waals surface area contributed by atoms with Crippen LogP contribution in [0.2, 0.25) is 0 Å². The van der Waals surface area contributed by atoms with Crippen LogP contribution in [0.1, 0.15) is 25.2 Å². The first-order valence-electron chi connectivity index (χ1n) is 7.19. The highest BCUT2D eigenvalue weighted by atomic mass is 32.1. The van der Waals surface area contributed by atoms with Crippen LogP contribution in [0.15, 0.2) is 39.6 Å². The number of aliphatic hydroxyl groups excluding tert-OH is 1. The van der Waals surface area contributed by atoms with Crippen molar-refractivity contribution in [1.29, 1.82) is 0 Å². The van der Waals surface area contributed by atoms with Crippen LogP contribution >= 0.6 is 11.3 Å². The number of rotatable bonds is 9. The molecular weight excluding hydrogens is 286 g/mol. The summed E-state index contributed by atoms with van der Waals surface area (Å²) in [6.45, 7) is 6.33. The topological polar surface area (TPSA) is 45.8 Å². The third-order valence-corrected chi connectivity index (χ3v) is 3.77. The summed E-state index contributed by atoms with van der Waals surface area (Å²) in [4.78, 5) is 2.18. The summed E-state index contributed by atoms with van der Waals surface area (Å²) in [6, 6.07) is 5.95. The Morgan fingerprint density at radius 2 is 2.19 bits per heavy atom. The summed E-state index contributed by atoms with van der Waals surface area (Å²) < 4.78 is 10.9. The van der Waals surface area contributed by atoms with Gasteiger partial charge >= 0.3 is 0 Å². The molecule has 0 aliphatic carbocycles. The summed E-state index contributed by atoms with van der Waals surface area (Å²) in [5.74, 6) is 0.905. The number of ether oxygens (including phenoxy) is 1. The van der Waals surface area contributed by atoms with Crippen LogP contribution in [0, 0.1) is 0 Å². The molecule has 21 heavy (non-hydrogen) atoms. The molecule has 0 aliphatic heterocycles. The van der Waals surface area contributed by atoms with Crippen LogP contribution in [-0.4, -0.2) is 35.4 Å². The minimum Gasteiger partial charge on any atom is -0.468 e. The van der Waals surface area contributed by atoms with E-state index in [-0.39, 0.29) is 6.10 Å². The van der Waals surface area contributed by atoms with Gasteiger partial charge in [-0.15, -0.1) is 0 Å². The minimum atomic E-state index is -0.499. The van der Waals surface area contributed by atoms with E-state index in [1.807, 2.05) is 26.0 Å². The second-order valence-electron chi connectivity index (χ2n) is 5.42. The molecule has 1 unspecified atom stereocenters. The van der Waals surface area contributed by atoms with E-state index in [4.69, 9.17) is 9.15 Å². The van der Waals surface area contributed by atoms with Gasteiger partial charge < -0.3 is 14.3 Å². The standard InChI is InChI=1S/C16H23NO3S/c1-13(2)20-11-15(18)9-17(8-14-5-7-21-12-14)10-16-4-3-6-19-16/h3-7,12-13,15,18H,8-11H2,1-2H3. The fourth-order valence-electron chi connectivity index (χ4n) is 2.10. The Morgan fingerprint density at radius 1 is 1.33 bits per heavy atom. The zero-order chi connectivity index (χ0) is 15.1. The lowest BCUT2D eigenvalue weighted by atomic mass is 10.2. The highest BCUT2D eigenvalue weighted by Crippen LogP contribution is 2.13. The zero-order valence-corrected chi connectivity index (χ0v) is 13.4. The van der Waals surface area contributed by atoms with Gasteiger partial charge in [-0.2, -0.15) is 11.3 Å². The van der Waals surface area contributed by atoms with Crippen LogP contribution in [0.25, 0.3) is 0 Å². The van der Waals surface area contributed by atoms with Gasteiger partial charge in [0.2, 0.25) is 0 Å². The van der Waals surface area contributed by atoms with Crippen molar-refractivity contribution >= 4 is 11.3 Å². The van der Waals surface area contributed by atoms with Crippen LogP contribution < -0.4 is 0 Å². The third kappa shape index (κ3) is 6.01. The Labute approximate surface area is 130 Å². The molecule has 1 atom stereocenters. The molecule has 0 fully saturated rings. The molecule has 0 amide bonds. The van der Waals surface area contributed by atoms with E-state index in [1.165, 1.54) is 5.56 Å². The minimum absolute atomic E-state index is 0.134. The fraction of sp³-hybridized carbons (Fsp3) is 0.500. The van der Waals surface area contributed by atoms with Crippen molar-refractivity contribution in [3.63, 3.8) is 0 Å². The average molecular weight is 309 g/mol. The molecule has 2 rings (SSSR count). The molecule has 0 saturated heterocycles. The average Bonchev–Trinajstić information content (AvgIpc) is 3.10. The van der Waals surface area contributed by atoms with Crippen molar-refractivity contribution in [3.8, 4) is 0 Å². The second-order valence-corrected chi connectivity index (χ2v) is 6.20. The van der Waals surface area contributed by atoms with Gasteiger partial charge in [0.1, 0.15) is 5.76 Å². The quantitative estimate of drug-likeness (QED) is 0.773. The van der Waals surface area contributed by atoms with Crippen molar-refractivity contribution in [2.45, 2.75) is 39.1 Å². The lowest BCUT2D eigenvalue weighted by Gasteiger charge is -2.24. The SMILES string of the molecule is CC(C)OCC(O)CN(Cc1ccsc1)Cc1ccco1. The Kier molecular flexibility index (Phi) is 6.45. The summed E-state index contributed by atoms with van der Waals surface area (Å²) in [5, 5.41) is 14.3. The lowest BCUT2D eigenvalue weighted by molar-refractivity contribution is -0.0113. The van der Waals surface area contributed by atoms with Crippen LogP contribution in [0.5, 0.6) is 0 Å². The second kappa shape index (κ2) is 8.34. The summed E-state index contributed by atoms with van der Waals surface area (Å²) >= 11 is 1.69. The number of hydrogen-bond acceptors (Lipinski definition) is 5. The van der Waals surface area contributed by atoms with Gasteiger partial charge in [-0.25, -0.2) is 0 Å².